The summed E-state index contributed by atoms with van der Waals surface area (Å²) < 4.78 is 6.42. The van der Waals surface area contributed by atoms with Gasteiger partial charge in [0.05, 0.1) is 17.8 Å². The van der Waals surface area contributed by atoms with Gasteiger partial charge in [0, 0.05) is 10.5 Å². The van der Waals surface area contributed by atoms with Crippen LogP contribution >= 0.6 is 15.9 Å². The molecule has 1 aromatic rings. The number of rotatable bonds is 3. The van der Waals surface area contributed by atoms with Gasteiger partial charge in [-0.3, -0.25) is 19.3 Å². The minimum atomic E-state index is -0.223. The second-order valence-corrected chi connectivity index (χ2v) is 9.34. The fourth-order valence-corrected chi connectivity index (χ4v) is 5.82. The summed E-state index contributed by atoms with van der Waals surface area (Å²) in [7, 11) is 0. The fraction of sp³-hybridized carbons (Fsp3) is 0.500. The van der Waals surface area contributed by atoms with Crippen molar-refractivity contribution in [1.82, 2.24) is 4.90 Å². The van der Waals surface area contributed by atoms with Crippen molar-refractivity contribution in [3.05, 3.63) is 40.9 Å². The molecule has 0 N–H and O–H groups in total. The van der Waals surface area contributed by atoms with E-state index in [4.69, 9.17) is 4.74 Å². The molecule has 6 heteroatoms. The normalized spacial score (nSPS) is 36.1. The number of hydrogen-bond acceptors (Lipinski definition) is 4. The molecule has 4 aliphatic rings. The van der Waals surface area contributed by atoms with Gasteiger partial charge < -0.3 is 4.74 Å². The largest absolute Gasteiger partial charge is 0.426 e. The van der Waals surface area contributed by atoms with Crippen LogP contribution in [0.15, 0.2) is 40.9 Å². The van der Waals surface area contributed by atoms with Crippen LogP contribution in [0.5, 0.6) is 5.75 Å². The highest BCUT2D eigenvalue weighted by Gasteiger charge is 2.60. The van der Waals surface area contributed by atoms with Gasteiger partial charge in [-0.05, 0) is 68.2 Å². The van der Waals surface area contributed by atoms with Crippen LogP contribution in [0, 0.1) is 29.6 Å². The molecule has 1 heterocycles. The van der Waals surface area contributed by atoms with Crippen LogP contribution in [-0.4, -0.2) is 28.7 Å². The van der Waals surface area contributed by atoms with Gasteiger partial charge in [0.25, 0.3) is 0 Å². The lowest BCUT2D eigenvalue weighted by Gasteiger charge is -2.33. The van der Waals surface area contributed by atoms with E-state index in [2.05, 4.69) is 28.1 Å². The van der Waals surface area contributed by atoms with Crippen LogP contribution in [0.4, 0.5) is 0 Å². The Hall–Kier alpha value is -1.95. The molecule has 1 aliphatic heterocycles. The van der Waals surface area contributed by atoms with Gasteiger partial charge in [0.15, 0.2) is 0 Å². The van der Waals surface area contributed by atoms with Crippen molar-refractivity contribution in [3.8, 4) is 5.75 Å². The van der Waals surface area contributed by atoms with E-state index in [1.165, 1.54) is 0 Å². The first-order valence-electron chi connectivity index (χ1n) is 10.1. The smallest absolute Gasteiger partial charge is 0.314 e. The number of amides is 2. The second-order valence-electron chi connectivity index (χ2n) is 8.43. The third kappa shape index (κ3) is 2.84. The number of allylic oxidation sites excluding steroid dienone is 2. The van der Waals surface area contributed by atoms with Crippen LogP contribution in [0.1, 0.15) is 32.1 Å². The number of nitrogens with zero attached hydrogens (tertiary/aromatic N) is 1. The van der Waals surface area contributed by atoms with Crippen LogP contribution < -0.4 is 4.74 Å². The molecule has 2 saturated carbocycles. The number of fused-ring (bicyclic) bond motifs is 5. The number of halogens is 1. The molecule has 28 heavy (non-hydrogen) atoms. The first kappa shape index (κ1) is 18.1. The molecular formula is C22H22BrNO4. The number of carbonyl (C=O) groups is 3. The molecule has 2 bridgehead atoms. The van der Waals surface area contributed by atoms with Crippen molar-refractivity contribution >= 4 is 33.7 Å². The van der Waals surface area contributed by atoms with Crippen LogP contribution in [0.3, 0.4) is 0 Å². The molecule has 1 aromatic carbocycles. The Labute approximate surface area is 172 Å². The van der Waals surface area contributed by atoms with Crippen molar-refractivity contribution in [2.24, 2.45) is 29.6 Å². The highest BCUT2D eigenvalue weighted by Crippen LogP contribution is 2.53. The third-order valence-electron chi connectivity index (χ3n) is 6.93. The molecule has 0 spiro atoms. The van der Waals surface area contributed by atoms with Gasteiger partial charge in [-0.2, -0.15) is 0 Å². The van der Waals surface area contributed by atoms with Gasteiger partial charge in [0.2, 0.25) is 11.8 Å². The van der Waals surface area contributed by atoms with E-state index < -0.39 is 0 Å². The Morgan fingerprint density at radius 1 is 0.929 bits per heavy atom. The molecule has 5 nitrogen and oxygen atoms in total. The summed E-state index contributed by atoms with van der Waals surface area (Å²) in [6.45, 7) is 0. The summed E-state index contributed by atoms with van der Waals surface area (Å²) >= 11 is 3.36. The molecule has 146 valence electrons. The zero-order valence-electron chi connectivity index (χ0n) is 15.4. The number of hydrogen-bond donors (Lipinski definition) is 0. The van der Waals surface area contributed by atoms with E-state index in [-0.39, 0.29) is 53.4 Å². The predicted octanol–water partition coefficient (Wildman–Crippen LogP) is 3.72. The standard InChI is InChI=1S/C22H22BrNO4/c23-15-5-9-17(10-6-15)28-22(27)12-3-7-16(8-4-12)24-20(25)18-13-1-2-14(11-13)19(18)21(24)26/h1-2,5-6,9-10,12-14,16,18-19H,3-4,7-8,11H2/t12?,13-,14-,16?,18+,19+/m0/s1. The molecule has 0 radical (unpaired) electrons. The maximum absolute atomic E-state index is 12.9. The molecule has 5 rings (SSSR count). The summed E-state index contributed by atoms with van der Waals surface area (Å²) in [5.74, 6) is 0.396. The Kier molecular flexibility index (Phi) is 4.42. The molecule has 1 saturated heterocycles. The zero-order valence-corrected chi connectivity index (χ0v) is 17.0. The number of likely N-dealkylation sites (tertiary alicyclic amines) is 1. The van der Waals surface area contributed by atoms with E-state index in [0.29, 0.717) is 31.4 Å². The lowest BCUT2D eigenvalue weighted by atomic mass is 9.85. The Balaban J connectivity index is 1.21. The molecule has 4 atom stereocenters. The summed E-state index contributed by atoms with van der Waals surface area (Å²) in [4.78, 5) is 39.9. The van der Waals surface area contributed by atoms with Gasteiger partial charge in [-0.25, -0.2) is 0 Å². The summed E-state index contributed by atoms with van der Waals surface area (Å²) in [5.41, 5.74) is 0. The SMILES string of the molecule is O=C(Oc1ccc(Br)cc1)C1CCC(N2C(=O)[C@H]3[C@H](C2=O)[C@H]2C=C[C@H]3C2)CC1. The summed E-state index contributed by atoms with van der Waals surface area (Å²) in [6.07, 6.45) is 7.86. The first-order chi connectivity index (χ1) is 13.5. The van der Waals surface area contributed by atoms with E-state index >= 15 is 0 Å². The maximum atomic E-state index is 12.9. The number of carbonyl (C=O) groups excluding carboxylic acids is 3. The third-order valence-corrected chi connectivity index (χ3v) is 7.46. The predicted molar refractivity (Wildman–Crippen MR) is 105 cm³/mol. The monoisotopic (exact) mass is 443 g/mol. The van der Waals surface area contributed by atoms with Crippen molar-refractivity contribution in [3.63, 3.8) is 0 Å². The lowest BCUT2D eigenvalue weighted by Crippen LogP contribution is -2.44. The van der Waals surface area contributed by atoms with E-state index in [1.807, 2.05) is 12.1 Å². The highest BCUT2D eigenvalue weighted by molar-refractivity contribution is 9.10. The van der Waals surface area contributed by atoms with Gasteiger partial charge in [0.1, 0.15) is 5.75 Å². The molecule has 3 aliphatic carbocycles. The molecule has 0 unspecified atom stereocenters. The fourth-order valence-electron chi connectivity index (χ4n) is 5.56. The van der Waals surface area contributed by atoms with E-state index in [9.17, 15) is 14.4 Å². The molecular weight excluding hydrogens is 422 g/mol. The van der Waals surface area contributed by atoms with Crippen molar-refractivity contribution < 1.29 is 19.1 Å². The molecule has 3 fully saturated rings. The lowest BCUT2D eigenvalue weighted by molar-refractivity contribution is -0.145. The van der Waals surface area contributed by atoms with Gasteiger partial charge >= 0.3 is 5.97 Å². The van der Waals surface area contributed by atoms with Crippen LogP contribution in [0.2, 0.25) is 0 Å². The van der Waals surface area contributed by atoms with E-state index in [1.54, 1.807) is 17.0 Å². The Morgan fingerprint density at radius 2 is 1.50 bits per heavy atom. The minimum absolute atomic E-state index is 0.0211. The Bertz CT molecular complexity index is 826. The zero-order chi connectivity index (χ0) is 19.4. The Morgan fingerprint density at radius 3 is 2.07 bits per heavy atom. The minimum Gasteiger partial charge on any atom is -0.426 e. The van der Waals surface area contributed by atoms with Gasteiger partial charge in [-0.15, -0.1) is 0 Å². The van der Waals surface area contributed by atoms with Crippen molar-refractivity contribution in [2.45, 2.75) is 38.1 Å². The summed E-state index contributed by atoms with van der Waals surface area (Å²) in [5, 5.41) is 0. The quantitative estimate of drug-likeness (QED) is 0.309. The van der Waals surface area contributed by atoms with Gasteiger partial charge in [-0.1, -0.05) is 28.1 Å². The van der Waals surface area contributed by atoms with Crippen molar-refractivity contribution in [1.29, 1.82) is 0 Å². The average molecular weight is 444 g/mol. The maximum Gasteiger partial charge on any atom is 0.314 e. The first-order valence-corrected chi connectivity index (χ1v) is 10.8. The van der Waals surface area contributed by atoms with E-state index in [0.717, 1.165) is 10.9 Å². The van der Waals surface area contributed by atoms with Crippen LogP contribution in [0.25, 0.3) is 0 Å². The molecule has 0 aromatic heterocycles. The highest BCUT2D eigenvalue weighted by atomic mass is 79.9. The topological polar surface area (TPSA) is 63.7 Å². The molecule has 2 amide bonds. The summed E-state index contributed by atoms with van der Waals surface area (Å²) in [6, 6.07) is 7.13. The number of esters is 1. The average Bonchev–Trinajstić information content (AvgIpc) is 3.38. The number of imide groups is 1. The number of ether oxygens (including phenoxy) is 1. The second kappa shape index (κ2) is 6.83. The van der Waals surface area contributed by atoms with Crippen LogP contribution in [-0.2, 0) is 14.4 Å². The van der Waals surface area contributed by atoms with Crippen molar-refractivity contribution in [2.75, 3.05) is 0 Å². The number of benzene rings is 1.